The van der Waals surface area contributed by atoms with Crippen LogP contribution in [0.25, 0.3) is 11.0 Å². The monoisotopic (exact) mass is 383 g/mol. The number of fused-ring (bicyclic) bond motifs is 3. The number of rotatable bonds is 5. The van der Waals surface area contributed by atoms with Gasteiger partial charge in [-0.1, -0.05) is 27.7 Å². The minimum atomic E-state index is -0.606. The highest BCUT2D eigenvalue weighted by atomic mass is 16.5. The molecule has 2 bridgehead atoms. The Morgan fingerprint density at radius 2 is 2.07 bits per heavy atom. The molecule has 3 atom stereocenters. The van der Waals surface area contributed by atoms with E-state index in [1.54, 1.807) is 12.1 Å². The third kappa shape index (κ3) is 2.83. The molecule has 1 aromatic heterocycles. The summed E-state index contributed by atoms with van der Waals surface area (Å²) in [5.74, 6) is 0.945. The summed E-state index contributed by atoms with van der Waals surface area (Å²) in [6.07, 6.45) is 4.21. The van der Waals surface area contributed by atoms with Crippen molar-refractivity contribution in [3.63, 3.8) is 0 Å². The summed E-state index contributed by atoms with van der Waals surface area (Å²) in [7, 11) is 0. The van der Waals surface area contributed by atoms with E-state index >= 15 is 0 Å². The second-order valence-corrected chi connectivity index (χ2v) is 9.13. The third-order valence-corrected chi connectivity index (χ3v) is 7.52. The Labute approximate surface area is 165 Å². The van der Waals surface area contributed by atoms with Crippen LogP contribution in [0.2, 0.25) is 0 Å². The largest absolute Gasteiger partial charge is 0.493 e. The number of nitrogens with one attached hydrogen (secondary N) is 1. The van der Waals surface area contributed by atoms with Crippen molar-refractivity contribution in [2.45, 2.75) is 59.4 Å². The maximum Gasteiger partial charge on any atom is 0.349 e. The maximum atomic E-state index is 12.9. The van der Waals surface area contributed by atoms with Crippen LogP contribution < -0.4 is 15.7 Å². The van der Waals surface area contributed by atoms with E-state index in [-0.39, 0.29) is 28.3 Å². The van der Waals surface area contributed by atoms with Crippen molar-refractivity contribution in [3.05, 3.63) is 40.2 Å². The van der Waals surface area contributed by atoms with Gasteiger partial charge in [-0.15, -0.1) is 0 Å². The van der Waals surface area contributed by atoms with E-state index in [2.05, 4.69) is 26.1 Å². The first-order valence-electron chi connectivity index (χ1n) is 10.3. The molecular formula is C23H29NO4. The van der Waals surface area contributed by atoms with Crippen LogP contribution in [0.15, 0.2) is 33.5 Å². The Kier molecular flexibility index (Phi) is 4.52. The molecule has 2 fully saturated rings. The molecular weight excluding hydrogens is 354 g/mol. The molecule has 2 aliphatic carbocycles. The molecule has 0 saturated heterocycles. The highest BCUT2D eigenvalue weighted by molar-refractivity contribution is 5.97. The summed E-state index contributed by atoms with van der Waals surface area (Å²) in [6, 6.07) is 7.07. The number of amides is 1. The van der Waals surface area contributed by atoms with E-state index in [0.29, 0.717) is 29.2 Å². The van der Waals surface area contributed by atoms with Gasteiger partial charge in [-0.05, 0) is 60.6 Å². The van der Waals surface area contributed by atoms with Gasteiger partial charge in [-0.3, -0.25) is 4.79 Å². The predicted octanol–water partition coefficient (Wildman–Crippen LogP) is 4.53. The first kappa shape index (κ1) is 19.0. The number of hydrogen-bond donors (Lipinski definition) is 1. The molecule has 0 aliphatic heterocycles. The van der Waals surface area contributed by atoms with Gasteiger partial charge in [0.2, 0.25) is 0 Å². The fourth-order valence-electron chi connectivity index (χ4n) is 5.22. The molecule has 5 heteroatoms. The Balaban J connectivity index is 1.58. The Hall–Kier alpha value is -2.30. The highest BCUT2D eigenvalue weighted by Crippen LogP contribution is 2.65. The van der Waals surface area contributed by atoms with Crippen molar-refractivity contribution in [3.8, 4) is 5.75 Å². The van der Waals surface area contributed by atoms with E-state index < -0.39 is 5.63 Å². The topological polar surface area (TPSA) is 68.5 Å². The molecule has 150 valence electrons. The third-order valence-electron chi connectivity index (χ3n) is 7.52. The van der Waals surface area contributed by atoms with E-state index in [4.69, 9.17) is 9.15 Å². The van der Waals surface area contributed by atoms with Gasteiger partial charge in [-0.25, -0.2) is 4.79 Å². The van der Waals surface area contributed by atoms with Crippen molar-refractivity contribution < 1.29 is 13.9 Å². The summed E-state index contributed by atoms with van der Waals surface area (Å²) < 4.78 is 11.0. The van der Waals surface area contributed by atoms with Crippen LogP contribution >= 0.6 is 0 Å². The van der Waals surface area contributed by atoms with E-state index in [1.807, 2.05) is 19.1 Å². The molecule has 0 radical (unpaired) electrons. The normalized spacial score (nSPS) is 27.9. The van der Waals surface area contributed by atoms with E-state index in [0.717, 1.165) is 19.3 Å². The fourth-order valence-corrected chi connectivity index (χ4v) is 5.22. The van der Waals surface area contributed by atoms with Gasteiger partial charge in [0, 0.05) is 17.5 Å². The van der Waals surface area contributed by atoms with Gasteiger partial charge < -0.3 is 14.5 Å². The van der Waals surface area contributed by atoms with Crippen LogP contribution in [-0.4, -0.2) is 18.6 Å². The summed E-state index contributed by atoms with van der Waals surface area (Å²) in [5, 5.41) is 3.86. The standard InChI is InChI=1S/C23H29NO4/c1-5-10-27-16-7-6-14-11-17(21(26)28-18(14)13-16)20(25)24-19-12-15-8-9-23(19,4)22(15,2)3/h6-7,11,13,15,19H,5,8-10,12H2,1-4H3,(H,24,25). The lowest BCUT2D eigenvalue weighted by Gasteiger charge is -2.39. The Morgan fingerprint density at radius 1 is 1.29 bits per heavy atom. The first-order valence-corrected chi connectivity index (χ1v) is 10.3. The van der Waals surface area contributed by atoms with Crippen LogP contribution in [0.4, 0.5) is 0 Å². The molecule has 1 amide bonds. The molecule has 1 heterocycles. The van der Waals surface area contributed by atoms with Gasteiger partial charge in [-0.2, -0.15) is 0 Å². The molecule has 1 N–H and O–H groups in total. The zero-order chi connectivity index (χ0) is 20.1. The van der Waals surface area contributed by atoms with Crippen molar-refractivity contribution in [2.75, 3.05) is 6.61 Å². The first-order chi connectivity index (χ1) is 13.3. The molecule has 0 spiro atoms. The highest BCUT2D eigenvalue weighted by Gasteiger charge is 2.61. The summed E-state index contributed by atoms with van der Waals surface area (Å²) in [4.78, 5) is 25.4. The SMILES string of the molecule is CCCOc1ccc2cc(C(=O)NC3CC4CCC3(C)C4(C)C)c(=O)oc2c1. The molecule has 2 aromatic rings. The van der Waals surface area contributed by atoms with Crippen molar-refractivity contribution >= 4 is 16.9 Å². The number of hydrogen-bond acceptors (Lipinski definition) is 4. The second-order valence-electron chi connectivity index (χ2n) is 9.13. The van der Waals surface area contributed by atoms with Gasteiger partial charge in [0.25, 0.3) is 5.91 Å². The van der Waals surface area contributed by atoms with Crippen LogP contribution in [0.5, 0.6) is 5.75 Å². The summed E-state index contributed by atoms with van der Waals surface area (Å²) >= 11 is 0. The lowest BCUT2D eigenvalue weighted by atomic mass is 9.69. The molecule has 28 heavy (non-hydrogen) atoms. The molecule has 3 unspecified atom stereocenters. The molecule has 2 aliphatic rings. The summed E-state index contributed by atoms with van der Waals surface area (Å²) in [5.41, 5.74) is 0.163. The van der Waals surface area contributed by atoms with E-state index in [9.17, 15) is 9.59 Å². The van der Waals surface area contributed by atoms with Gasteiger partial charge >= 0.3 is 5.63 Å². The van der Waals surface area contributed by atoms with Crippen LogP contribution in [-0.2, 0) is 0 Å². The lowest BCUT2D eigenvalue weighted by molar-refractivity contribution is 0.0823. The van der Waals surface area contributed by atoms with Gasteiger partial charge in [0.15, 0.2) is 0 Å². The minimum Gasteiger partial charge on any atom is -0.493 e. The number of ether oxygens (including phenoxy) is 1. The molecule has 5 nitrogen and oxygen atoms in total. The average Bonchev–Trinajstić information content (AvgIpc) is 2.99. The predicted molar refractivity (Wildman–Crippen MR) is 109 cm³/mol. The molecule has 2 saturated carbocycles. The van der Waals surface area contributed by atoms with Crippen molar-refractivity contribution in [2.24, 2.45) is 16.7 Å². The second kappa shape index (κ2) is 6.64. The van der Waals surface area contributed by atoms with Crippen molar-refractivity contribution in [1.82, 2.24) is 5.32 Å². The Bertz CT molecular complexity index is 976. The van der Waals surface area contributed by atoms with Gasteiger partial charge in [0.05, 0.1) is 6.61 Å². The van der Waals surface area contributed by atoms with Crippen LogP contribution in [0.1, 0.15) is 63.7 Å². The van der Waals surface area contributed by atoms with Crippen LogP contribution in [0, 0.1) is 16.7 Å². The lowest BCUT2D eigenvalue weighted by Crippen LogP contribution is -2.47. The maximum absolute atomic E-state index is 12.9. The summed E-state index contributed by atoms with van der Waals surface area (Å²) in [6.45, 7) is 9.52. The number of carbonyl (C=O) groups is 1. The van der Waals surface area contributed by atoms with Crippen molar-refractivity contribution in [1.29, 1.82) is 0 Å². The minimum absolute atomic E-state index is 0.0654. The molecule has 4 rings (SSSR count). The number of benzene rings is 1. The van der Waals surface area contributed by atoms with Crippen LogP contribution in [0.3, 0.4) is 0 Å². The Morgan fingerprint density at radius 3 is 2.71 bits per heavy atom. The quantitative estimate of drug-likeness (QED) is 0.771. The fraction of sp³-hybridized carbons (Fsp3) is 0.565. The average molecular weight is 383 g/mol. The van der Waals surface area contributed by atoms with E-state index in [1.165, 1.54) is 6.42 Å². The smallest absolute Gasteiger partial charge is 0.349 e. The van der Waals surface area contributed by atoms with Gasteiger partial charge in [0.1, 0.15) is 16.9 Å². The zero-order valence-electron chi connectivity index (χ0n) is 17.1. The molecule has 1 aromatic carbocycles. The zero-order valence-corrected chi connectivity index (χ0v) is 17.1. The number of carbonyl (C=O) groups excluding carboxylic acids is 1.